The lowest BCUT2D eigenvalue weighted by Gasteiger charge is -2.21. The number of para-hydroxylation sites is 1. The lowest BCUT2D eigenvalue weighted by atomic mass is 9.98. The number of aliphatic imine (C=N–C) groups is 1. The van der Waals surface area contributed by atoms with Gasteiger partial charge in [-0.05, 0) is 69.0 Å². The van der Waals surface area contributed by atoms with Crippen LogP contribution < -0.4 is 5.56 Å². The molecule has 1 aliphatic carbocycles. The fourth-order valence-corrected chi connectivity index (χ4v) is 4.61. The van der Waals surface area contributed by atoms with Crippen LogP contribution in [-0.2, 0) is 11.8 Å². The lowest BCUT2D eigenvalue weighted by Crippen LogP contribution is -2.20. The predicted octanol–water partition coefficient (Wildman–Crippen LogP) is 5.98. The van der Waals surface area contributed by atoms with Crippen LogP contribution in [0, 0.1) is 6.92 Å². The molecule has 1 saturated carbocycles. The first-order valence-corrected chi connectivity index (χ1v) is 12.3. The van der Waals surface area contributed by atoms with E-state index in [9.17, 15) is 9.59 Å². The Bertz CT molecular complexity index is 1450. The normalized spacial score (nSPS) is 14.4. The van der Waals surface area contributed by atoms with E-state index in [1.807, 2.05) is 62.5 Å². The van der Waals surface area contributed by atoms with Crippen molar-refractivity contribution in [3.05, 3.63) is 94.1 Å². The first-order chi connectivity index (χ1) is 17.5. The average molecular weight is 484 g/mol. The number of benzene rings is 2. The van der Waals surface area contributed by atoms with Crippen LogP contribution in [0.15, 0.2) is 80.9 Å². The highest BCUT2D eigenvalue weighted by atomic mass is 16.5. The van der Waals surface area contributed by atoms with E-state index in [0.29, 0.717) is 22.8 Å². The van der Waals surface area contributed by atoms with E-state index in [1.54, 1.807) is 33.8 Å². The van der Waals surface area contributed by atoms with Crippen LogP contribution in [0.25, 0.3) is 17.0 Å². The number of hydrogen-bond donors (Lipinski definition) is 0. The third-order valence-corrected chi connectivity index (χ3v) is 6.68. The topological polar surface area (TPSA) is 78.7 Å². The number of rotatable bonds is 6. The number of aromatic nitrogens is 2. The van der Waals surface area contributed by atoms with E-state index in [0.717, 1.165) is 42.6 Å². The van der Waals surface area contributed by atoms with E-state index in [1.165, 1.54) is 6.42 Å². The molecule has 0 N–H and O–H groups in total. The third kappa shape index (κ3) is 4.82. The fourth-order valence-electron chi connectivity index (χ4n) is 4.61. The van der Waals surface area contributed by atoms with Crippen LogP contribution >= 0.6 is 0 Å². The third-order valence-electron chi connectivity index (χ3n) is 6.68. The van der Waals surface area contributed by atoms with Crippen molar-refractivity contribution in [3.8, 4) is 17.0 Å². The summed E-state index contributed by atoms with van der Waals surface area (Å²) in [5, 5.41) is 0. The van der Waals surface area contributed by atoms with Crippen molar-refractivity contribution < 1.29 is 13.9 Å². The number of esters is 1. The standard InChI is InChI=1S/C29H29N3O4/c1-20-27(28(33)32(31(20)2)23-12-5-3-6-13-23)30-19-25-16-17-26(35-25)21-10-9-11-22(18-21)29(34)36-24-14-7-4-8-15-24/h3,5-6,9-13,16-19,24H,4,7-8,14-15H2,1-2H3. The molecule has 0 spiro atoms. The molecular formula is C29H29N3O4. The van der Waals surface area contributed by atoms with Gasteiger partial charge in [-0.15, -0.1) is 0 Å². The Hall–Kier alpha value is -4.13. The molecule has 1 fully saturated rings. The molecule has 7 nitrogen and oxygen atoms in total. The fraction of sp³-hybridized carbons (Fsp3) is 0.276. The Morgan fingerprint density at radius 1 is 1.03 bits per heavy atom. The summed E-state index contributed by atoms with van der Waals surface area (Å²) in [6.07, 6.45) is 6.85. The molecule has 0 amide bonds. The number of hydrogen-bond acceptors (Lipinski definition) is 5. The largest absolute Gasteiger partial charge is 0.459 e. The Balaban J connectivity index is 1.34. The zero-order valence-corrected chi connectivity index (χ0v) is 20.5. The van der Waals surface area contributed by atoms with Gasteiger partial charge in [-0.3, -0.25) is 9.48 Å². The smallest absolute Gasteiger partial charge is 0.338 e. The highest BCUT2D eigenvalue weighted by molar-refractivity contribution is 5.91. The molecule has 0 atom stereocenters. The Kier molecular flexibility index (Phi) is 6.71. The molecule has 5 rings (SSSR count). The average Bonchev–Trinajstić information content (AvgIpc) is 3.46. The summed E-state index contributed by atoms with van der Waals surface area (Å²) in [6.45, 7) is 1.86. The van der Waals surface area contributed by atoms with E-state index in [2.05, 4.69) is 4.99 Å². The summed E-state index contributed by atoms with van der Waals surface area (Å²) in [7, 11) is 1.83. The van der Waals surface area contributed by atoms with Crippen molar-refractivity contribution in [2.75, 3.05) is 0 Å². The summed E-state index contributed by atoms with van der Waals surface area (Å²) in [5.74, 6) is 0.815. The van der Waals surface area contributed by atoms with Gasteiger partial charge in [0.25, 0.3) is 5.56 Å². The van der Waals surface area contributed by atoms with Crippen LogP contribution in [0.2, 0.25) is 0 Å². The SMILES string of the molecule is Cc1c(N=Cc2ccc(-c3cccc(C(=O)OC4CCCCC4)c3)o2)c(=O)n(-c2ccccc2)n1C. The monoisotopic (exact) mass is 483 g/mol. The molecule has 0 radical (unpaired) electrons. The Labute approximate surface area is 209 Å². The molecule has 36 heavy (non-hydrogen) atoms. The summed E-state index contributed by atoms with van der Waals surface area (Å²) in [4.78, 5) is 30.2. The Morgan fingerprint density at radius 2 is 1.81 bits per heavy atom. The maximum atomic E-state index is 13.1. The van der Waals surface area contributed by atoms with Crippen molar-refractivity contribution in [3.63, 3.8) is 0 Å². The number of carbonyl (C=O) groups is 1. The predicted molar refractivity (Wildman–Crippen MR) is 139 cm³/mol. The highest BCUT2D eigenvalue weighted by Crippen LogP contribution is 2.25. The van der Waals surface area contributed by atoms with Crippen molar-refractivity contribution in [1.82, 2.24) is 9.36 Å². The zero-order valence-electron chi connectivity index (χ0n) is 20.5. The molecule has 2 heterocycles. The minimum absolute atomic E-state index is 0.00857. The number of nitrogens with zero attached hydrogens (tertiary/aromatic N) is 3. The number of ether oxygens (including phenoxy) is 1. The Morgan fingerprint density at radius 3 is 2.58 bits per heavy atom. The van der Waals surface area contributed by atoms with Crippen molar-refractivity contribution in [2.24, 2.45) is 12.0 Å². The molecule has 7 heteroatoms. The molecule has 0 unspecified atom stereocenters. The van der Waals surface area contributed by atoms with Gasteiger partial charge in [0.1, 0.15) is 17.6 Å². The molecule has 4 aromatic rings. The second-order valence-electron chi connectivity index (χ2n) is 9.12. The first-order valence-electron chi connectivity index (χ1n) is 12.3. The van der Waals surface area contributed by atoms with Crippen LogP contribution in [0.4, 0.5) is 5.69 Å². The molecule has 1 aliphatic rings. The minimum Gasteiger partial charge on any atom is -0.459 e. The maximum Gasteiger partial charge on any atom is 0.338 e. The summed E-state index contributed by atoms with van der Waals surface area (Å²) in [5.41, 5.74) is 2.95. The van der Waals surface area contributed by atoms with Gasteiger partial charge in [0, 0.05) is 12.6 Å². The van der Waals surface area contributed by atoms with Crippen molar-refractivity contribution >= 4 is 17.9 Å². The zero-order chi connectivity index (χ0) is 25.1. The van der Waals surface area contributed by atoms with Crippen LogP contribution in [-0.4, -0.2) is 27.7 Å². The van der Waals surface area contributed by atoms with Gasteiger partial charge in [0.2, 0.25) is 0 Å². The molecule has 0 aliphatic heterocycles. The summed E-state index contributed by atoms with van der Waals surface area (Å²) < 4.78 is 15.0. The second-order valence-corrected chi connectivity index (χ2v) is 9.12. The van der Waals surface area contributed by atoms with Gasteiger partial charge < -0.3 is 9.15 Å². The quantitative estimate of drug-likeness (QED) is 0.249. The van der Waals surface area contributed by atoms with E-state index in [-0.39, 0.29) is 17.6 Å². The van der Waals surface area contributed by atoms with Gasteiger partial charge in [-0.1, -0.05) is 36.8 Å². The first kappa shape index (κ1) is 23.6. The van der Waals surface area contributed by atoms with Crippen molar-refractivity contribution in [1.29, 1.82) is 0 Å². The van der Waals surface area contributed by atoms with Gasteiger partial charge >= 0.3 is 5.97 Å². The number of furan rings is 1. The molecule has 184 valence electrons. The van der Waals surface area contributed by atoms with E-state index >= 15 is 0 Å². The summed E-state index contributed by atoms with van der Waals surface area (Å²) >= 11 is 0. The molecule has 0 saturated heterocycles. The van der Waals surface area contributed by atoms with Crippen LogP contribution in [0.5, 0.6) is 0 Å². The molecule has 0 bridgehead atoms. The maximum absolute atomic E-state index is 13.1. The van der Waals surface area contributed by atoms with Gasteiger partial charge in [-0.2, -0.15) is 0 Å². The van der Waals surface area contributed by atoms with E-state index in [4.69, 9.17) is 9.15 Å². The lowest BCUT2D eigenvalue weighted by molar-refractivity contribution is 0.0211. The van der Waals surface area contributed by atoms with Crippen LogP contribution in [0.3, 0.4) is 0 Å². The van der Waals surface area contributed by atoms with E-state index < -0.39 is 0 Å². The molecule has 2 aromatic heterocycles. The minimum atomic E-state index is -0.300. The van der Waals surface area contributed by atoms with Gasteiger partial charge in [0.15, 0.2) is 5.69 Å². The molecule has 2 aromatic carbocycles. The van der Waals surface area contributed by atoms with Crippen molar-refractivity contribution in [2.45, 2.75) is 45.1 Å². The highest BCUT2D eigenvalue weighted by Gasteiger charge is 2.19. The van der Waals surface area contributed by atoms with Gasteiger partial charge in [0.05, 0.1) is 23.2 Å². The van der Waals surface area contributed by atoms with Crippen LogP contribution in [0.1, 0.15) is 53.9 Å². The van der Waals surface area contributed by atoms with Gasteiger partial charge in [-0.25, -0.2) is 14.5 Å². The molecular weight excluding hydrogens is 454 g/mol. The second kappa shape index (κ2) is 10.2. The summed E-state index contributed by atoms with van der Waals surface area (Å²) in [6, 6.07) is 20.3. The number of carbonyl (C=O) groups excluding carboxylic acids is 1.